The number of rotatable bonds is 6. The fourth-order valence-corrected chi connectivity index (χ4v) is 7.52. The second-order valence-electron chi connectivity index (χ2n) is 10.9. The Morgan fingerprint density at radius 1 is 1.15 bits per heavy atom. The van der Waals surface area contributed by atoms with E-state index in [1.807, 2.05) is 0 Å². The molecule has 4 saturated carbocycles. The molecular weight excluding hydrogens is 460 g/mol. The Hall–Kier alpha value is -0.990. The van der Waals surface area contributed by atoms with Gasteiger partial charge >= 0.3 is 11.9 Å². The number of hydrogen-bond donors (Lipinski definition) is 2. The fourth-order valence-electron chi connectivity index (χ4n) is 7.19. The highest BCUT2D eigenvalue weighted by Crippen LogP contribution is 2.67. The number of hydrogen-bond acceptors (Lipinski definition) is 12. The van der Waals surface area contributed by atoms with Gasteiger partial charge in [0.25, 0.3) is 0 Å². The molecule has 1 spiro atoms. The van der Waals surface area contributed by atoms with Crippen LogP contribution < -0.4 is 0 Å². The summed E-state index contributed by atoms with van der Waals surface area (Å²) in [5.74, 6) is -1.19. The summed E-state index contributed by atoms with van der Waals surface area (Å²) in [7, 11) is 0. The van der Waals surface area contributed by atoms with Gasteiger partial charge in [-0.1, -0.05) is 5.04 Å². The summed E-state index contributed by atoms with van der Waals surface area (Å²) < 4.78 is 33.2. The van der Waals surface area contributed by atoms with E-state index in [9.17, 15) is 14.7 Å². The van der Waals surface area contributed by atoms with Crippen molar-refractivity contribution in [1.29, 1.82) is 0 Å². The van der Waals surface area contributed by atoms with Gasteiger partial charge in [-0.15, -0.1) is 4.33 Å². The average Bonchev–Trinajstić information content (AvgIpc) is 3.38. The van der Waals surface area contributed by atoms with Gasteiger partial charge in [-0.2, -0.15) is 0 Å². The van der Waals surface area contributed by atoms with Crippen LogP contribution in [0.4, 0.5) is 0 Å². The molecule has 3 aliphatic heterocycles. The Morgan fingerprint density at radius 3 is 2.58 bits per heavy atom. The second-order valence-corrected chi connectivity index (χ2v) is 12.2. The normalized spacial score (nSPS) is 49.4. The molecule has 7 rings (SSSR count). The van der Waals surface area contributed by atoms with Crippen molar-refractivity contribution < 1.29 is 53.0 Å². The average molecular weight is 489 g/mol. The molecule has 12 heteroatoms. The third kappa shape index (κ3) is 3.29. The molecule has 4 aliphatic carbocycles. The van der Waals surface area contributed by atoms with Crippen molar-refractivity contribution in [3.63, 3.8) is 0 Å². The smallest absolute Gasteiger partial charge is 0.338 e. The number of carbonyl (C=O) groups is 2. The van der Waals surface area contributed by atoms with Gasteiger partial charge in [-0.3, -0.25) is 4.79 Å². The van der Waals surface area contributed by atoms with Crippen LogP contribution in [0.3, 0.4) is 0 Å². The van der Waals surface area contributed by atoms with E-state index in [1.54, 1.807) is 13.8 Å². The van der Waals surface area contributed by atoms with Crippen LogP contribution in [-0.2, 0) is 42.6 Å². The summed E-state index contributed by atoms with van der Waals surface area (Å²) in [4.78, 5) is 24.4. The zero-order valence-corrected chi connectivity index (χ0v) is 19.2. The maximum Gasteiger partial charge on any atom is 0.338 e. The summed E-state index contributed by atoms with van der Waals surface area (Å²) in [6.45, 7) is 3.56. The predicted octanol–water partition coefficient (Wildman–Crippen LogP) is 1.33. The number of fused-ring (bicyclic) bond motifs is 3. The van der Waals surface area contributed by atoms with E-state index >= 15 is 0 Å². The quantitative estimate of drug-likeness (QED) is 0.241. The molecule has 0 aromatic rings. The number of ether oxygens (including phenoxy) is 5. The van der Waals surface area contributed by atoms with Gasteiger partial charge in [0.15, 0.2) is 30.4 Å². The van der Waals surface area contributed by atoms with Crippen LogP contribution >= 0.6 is 12.0 Å². The van der Waals surface area contributed by atoms with Gasteiger partial charge in [0.2, 0.25) is 0 Å². The van der Waals surface area contributed by atoms with Crippen molar-refractivity contribution in [3.05, 3.63) is 0 Å². The van der Waals surface area contributed by atoms with Crippen LogP contribution in [0.15, 0.2) is 0 Å². The lowest BCUT2D eigenvalue weighted by molar-refractivity contribution is -0.432. The first-order valence-electron chi connectivity index (χ1n) is 11.4. The first kappa shape index (κ1) is 22.5. The molecule has 3 heterocycles. The van der Waals surface area contributed by atoms with E-state index in [0.717, 1.165) is 32.1 Å². The molecular formula is C21H28O11S. The molecule has 0 aromatic heterocycles. The molecule has 3 saturated heterocycles. The minimum Gasteiger partial charge on any atom is -0.464 e. The fraction of sp³-hybridized carbons (Fsp3) is 0.905. The van der Waals surface area contributed by atoms with Gasteiger partial charge in [-0.25, -0.2) is 10.1 Å². The molecule has 11 nitrogen and oxygen atoms in total. The molecule has 7 atom stereocenters. The van der Waals surface area contributed by atoms with Crippen molar-refractivity contribution in [2.45, 2.75) is 87.2 Å². The minimum atomic E-state index is -1.31. The van der Waals surface area contributed by atoms with E-state index in [4.69, 9.17) is 28.9 Å². The highest BCUT2D eigenvalue weighted by molar-refractivity contribution is 7.96. The Balaban J connectivity index is 1.15. The third-order valence-electron chi connectivity index (χ3n) is 8.36. The lowest BCUT2D eigenvalue weighted by Crippen LogP contribution is -2.63. The Labute approximate surface area is 194 Å². The highest BCUT2D eigenvalue weighted by Gasteiger charge is 2.72. The van der Waals surface area contributed by atoms with Gasteiger partial charge in [0, 0.05) is 17.3 Å². The van der Waals surface area contributed by atoms with Crippen molar-refractivity contribution in [3.8, 4) is 0 Å². The third-order valence-corrected chi connectivity index (χ3v) is 9.07. The standard InChI is InChI=1S/C21H28O11S/c1-19(2,33-32-31-25)18(24)26-8-20-5-9-3-10(6-20)21(11(4-9)7-20)29-15-14-13(28-17(15)30-21)12(22)16(23)27-14/h9-15,17,22,25H,3-8H2,1-2H3. The number of esters is 2. The summed E-state index contributed by atoms with van der Waals surface area (Å²) in [6, 6.07) is 0. The molecule has 0 radical (unpaired) electrons. The Kier molecular flexibility index (Phi) is 5.11. The van der Waals surface area contributed by atoms with Gasteiger partial charge in [-0.05, 0) is 51.9 Å². The molecule has 7 aliphatic rings. The van der Waals surface area contributed by atoms with Crippen LogP contribution in [-0.4, -0.2) is 70.1 Å². The maximum atomic E-state index is 12.6. The number of aliphatic hydroxyl groups is 1. The van der Waals surface area contributed by atoms with Crippen molar-refractivity contribution >= 4 is 24.0 Å². The second kappa shape index (κ2) is 7.50. The lowest BCUT2D eigenvalue weighted by atomic mass is 9.47. The molecule has 7 unspecified atom stereocenters. The predicted molar refractivity (Wildman–Crippen MR) is 107 cm³/mol. The SMILES string of the molecule is CC(C)(SOOO)C(=O)OCC12CC3CC(C1)C1(OC4OC5C(O)C(=O)OC5C4O1)C(C3)C2. The summed E-state index contributed by atoms with van der Waals surface area (Å²) in [6.07, 6.45) is 0.579. The Bertz CT molecular complexity index is 832. The summed E-state index contributed by atoms with van der Waals surface area (Å²) >= 11 is 0.682. The van der Waals surface area contributed by atoms with Crippen LogP contribution in [0.1, 0.15) is 46.0 Å². The van der Waals surface area contributed by atoms with E-state index in [-0.39, 0.29) is 17.3 Å². The van der Waals surface area contributed by atoms with Crippen molar-refractivity contribution in [1.82, 2.24) is 0 Å². The summed E-state index contributed by atoms with van der Waals surface area (Å²) in [5, 5.41) is 22.0. The zero-order chi connectivity index (χ0) is 23.2. The van der Waals surface area contributed by atoms with Gasteiger partial charge in [0.1, 0.15) is 10.9 Å². The van der Waals surface area contributed by atoms with Gasteiger partial charge in [0.05, 0.1) is 18.6 Å². The largest absolute Gasteiger partial charge is 0.464 e. The topological polar surface area (TPSA) is 139 Å². The minimum absolute atomic E-state index is 0.116. The van der Waals surface area contributed by atoms with Gasteiger partial charge < -0.3 is 28.8 Å². The Morgan fingerprint density at radius 2 is 1.88 bits per heavy atom. The number of aliphatic hydroxyl groups excluding tert-OH is 1. The van der Waals surface area contributed by atoms with Crippen LogP contribution in [0.25, 0.3) is 0 Å². The lowest BCUT2D eigenvalue weighted by Gasteiger charge is -2.62. The molecule has 7 fully saturated rings. The van der Waals surface area contributed by atoms with Crippen molar-refractivity contribution in [2.24, 2.45) is 23.2 Å². The van der Waals surface area contributed by atoms with Crippen molar-refractivity contribution in [2.75, 3.05) is 6.61 Å². The number of carbonyl (C=O) groups excluding carboxylic acids is 2. The van der Waals surface area contributed by atoms with E-state index < -0.39 is 53.2 Å². The molecule has 4 bridgehead atoms. The van der Waals surface area contributed by atoms with E-state index in [2.05, 4.69) is 9.37 Å². The first-order valence-corrected chi connectivity index (χ1v) is 12.1. The monoisotopic (exact) mass is 488 g/mol. The molecule has 184 valence electrons. The van der Waals surface area contributed by atoms with E-state index in [1.165, 1.54) is 0 Å². The zero-order valence-electron chi connectivity index (χ0n) is 18.3. The highest BCUT2D eigenvalue weighted by atomic mass is 32.2. The first-order chi connectivity index (χ1) is 15.7. The maximum absolute atomic E-state index is 12.6. The molecule has 0 aromatic carbocycles. The van der Waals surface area contributed by atoms with E-state index in [0.29, 0.717) is 24.6 Å². The van der Waals surface area contributed by atoms with Crippen LogP contribution in [0.2, 0.25) is 0 Å². The van der Waals surface area contributed by atoms with Crippen LogP contribution in [0, 0.1) is 23.2 Å². The molecule has 2 N–H and O–H groups in total. The van der Waals surface area contributed by atoms with Crippen LogP contribution in [0.5, 0.6) is 0 Å². The molecule has 0 amide bonds. The summed E-state index contributed by atoms with van der Waals surface area (Å²) in [5.41, 5.74) is -0.143. The molecule has 33 heavy (non-hydrogen) atoms.